The lowest BCUT2D eigenvalue weighted by Gasteiger charge is -2.33. The average Bonchev–Trinajstić information content (AvgIpc) is 2.66. The molecule has 0 radical (unpaired) electrons. The van der Waals surface area contributed by atoms with Crippen LogP contribution >= 0.6 is 0 Å². The summed E-state index contributed by atoms with van der Waals surface area (Å²) in [7, 11) is 0. The Hall–Kier alpha value is -3.02. The summed E-state index contributed by atoms with van der Waals surface area (Å²) in [4.78, 5) is 25.8. The molecule has 2 amide bonds. The van der Waals surface area contributed by atoms with E-state index in [9.17, 15) is 14.7 Å². The molecule has 0 bridgehead atoms. The van der Waals surface area contributed by atoms with Crippen LogP contribution in [0.3, 0.4) is 0 Å². The highest BCUT2D eigenvalue weighted by molar-refractivity contribution is 5.96. The zero-order chi connectivity index (χ0) is 19.4. The van der Waals surface area contributed by atoms with E-state index in [1.54, 1.807) is 18.2 Å². The normalized spacial score (nSPS) is 16.8. The van der Waals surface area contributed by atoms with Gasteiger partial charge in [0.25, 0.3) is 5.91 Å². The molecule has 3 rings (SSSR count). The van der Waals surface area contributed by atoms with E-state index in [4.69, 9.17) is 5.73 Å². The highest BCUT2D eigenvalue weighted by Gasteiger charge is 2.24. The van der Waals surface area contributed by atoms with Gasteiger partial charge in [-0.2, -0.15) is 0 Å². The minimum Gasteiger partial charge on any atom is -0.507 e. The molecule has 27 heavy (non-hydrogen) atoms. The summed E-state index contributed by atoms with van der Waals surface area (Å²) in [5.41, 5.74) is 8.62. The number of carbonyl (C=O) groups excluding carboxylic acids is 2. The monoisotopic (exact) mass is 367 g/mol. The Balaban J connectivity index is 1.59. The molecule has 2 aromatic rings. The molecule has 142 valence electrons. The van der Waals surface area contributed by atoms with Crippen molar-refractivity contribution in [2.75, 3.05) is 18.0 Å². The Bertz CT molecular complexity index is 833. The molecule has 1 aliphatic heterocycles. The molecule has 1 aliphatic rings. The molecule has 0 spiro atoms. The fourth-order valence-electron chi connectivity index (χ4n) is 3.38. The van der Waals surface area contributed by atoms with Crippen LogP contribution in [0.5, 0.6) is 5.75 Å². The SMILES string of the molecule is Cc1ccc(C(=O)NCc2ccc(N3CCC[C@H](C(N)=O)C3)cc2)c(O)c1. The smallest absolute Gasteiger partial charge is 0.255 e. The number of nitrogens with two attached hydrogens (primary N) is 1. The zero-order valence-electron chi connectivity index (χ0n) is 15.4. The Morgan fingerprint density at radius 2 is 1.96 bits per heavy atom. The van der Waals surface area contributed by atoms with Gasteiger partial charge >= 0.3 is 0 Å². The quantitative estimate of drug-likeness (QED) is 0.756. The maximum absolute atomic E-state index is 12.2. The Labute approximate surface area is 159 Å². The molecule has 1 heterocycles. The number of carbonyl (C=O) groups is 2. The molecule has 0 unspecified atom stereocenters. The summed E-state index contributed by atoms with van der Waals surface area (Å²) in [6.07, 6.45) is 1.80. The van der Waals surface area contributed by atoms with Gasteiger partial charge in [-0.3, -0.25) is 9.59 Å². The number of amides is 2. The molecule has 0 aromatic heterocycles. The van der Waals surface area contributed by atoms with Gasteiger partial charge in [-0.15, -0.1) is 0 Å². The van der Waals surface area contributed by atoms with E-state index in [1.807, 2.05) is 31.2 Å². The van der Waals surface area contributed by atoms with E-state index in [-0.39, 0.29) is 29.0 Å². The number of rotatable bonds is 5. The van der Waals surface area contributed by atoms with E-state index in [0.29, 0.717) is 13.1 Å². The van der Waals surface area contributed by atoms with Crippen LogP contribution in [0, 0.1) is 12.8 Å². The van der Waals surface area contributed by atoms with Crippen LogP contribution in [0.25, 0.3) is 0 Å². The Kier molecular flexibility index (Phi) is 5.64. The number of anilines is 1. The molecule has 1 fully saturated rings. The molecule has 1 atom stereocenters. The first kappa shape index (κ1) is 18.8. The van der Waals surface area contributed by atoms with Crippen LogP contribution < -0.4 is 16.0 Å². The van der Waals surface area contributed by atoms with E-state index in [1.165, 1.54) is 0 Å². The first-order chi connectivity index (χ1) is 12.9. The van der Waals surface area contributed by atoms with Gasteiger partial charge < -0.3 is 21.1 Å². The highest BCUT2D eigenvalue weighted by Crippen LogP contribution is 2.23. The van der Waals surface area contributed by atoms with Gasteiger partial charge in [0.05, 0.1) is 11.5 Å². The van der Waals surface area contributed by atoms with E-state index in [0.717, 1.165) is 36.2 Å². The molecule has 1 saturated heterocycles. The fourth-order valence-corrected chi connectivity index (χ4v) is 3.38. The summed E-state index contributed by atoms with van der Waals surface area (Å²) in [6, 6.07) is 12.9. The van der Waals surface area contributed by atoms with Gasteiger partial charge in [-0.25, -0.2) is 0 Å². The first-order valence-electron chi connectivity index (χ1n) is 9.15. The molecule has 2 aromatic carbocycles. The van der Waals surface area contributed by atoms with Crippen molar-refractivity contribution >= 4 is 17.5 Å². The minimum atomic E-state index is -0.308. The number of nitrogens with zero attached hydrogens (tertiary/aromatic N) is 1. The van der Waals surface area contributed by atoms with Crippen LogP contribution in [-0.4, -0.2) is 30.0 Å². The van der Waals surface area contributed by atoms with Crippen LogP contribution in [0.4, 0.5) is 5.69 Å². The second kappa shape index (κ2) is 8.12. The van der Waals surface area contributed by atoms with Crippen molar-refractivity contribution < 1.29 is 14.7 Å². The second-order valence-corrected chi connectivity index (χ2v) is 7.06. The zero-order valence-corrected chi connectivity index (χ0v) is 15.4. The van der Waals surface area contributed by atoms with Gasteiger partial charge in [0.1, 0.15) is 5.75 Å². The van der Waals surface area contributed by atoms with Gasteiger partial charge in [0.2, 0.25) is 5.91 Å². The topological polar surface area (TPSA) is 95.7 Å². The number of piperidine rings is 1. The molecule has 4 N–H and O–H groups in total. The molecule has 6 nitrogen and oxygen atoms in total. The number of phenols is 1. The van der Waals surface area contributed by atoms with E-state index in [2.05, 4.69) is 10.2 Å². The molecule has 0 saturated carbocycles. The Morgan fingerprint density at radius 1 is 1.22 bits per heavy atom. The number of nitrogens with one attached hydrogen (secondary N) is 1. The third-order valence-electron chi connectivity index (χ3n) is 4.98. The highest BCUT2D eigenvalue weighted by atomic mass is 16.3. The van der Waals surface area contributed by atoms with Crippen molar-refractivity contribution in [1.82, 2.24) is 5.32 Å². The summed E-state index contributed by atoms with van der Waals surface area (Å²) in [5.74, 6) is -0.660. The maximum atomic E-state index is 12.2. The van der Waals surface area contributed by atoms with Gasteiger partial charge in [0.15, 0.2) is 0 Å². The number of aryl methyl sites for hydroxylation is 1. The maximum Gasteiger partial charge on any atom is 0.255 e. The van der Waals surface area contributed by atoms with Crippen LogP contribution in [0.2, 0.25) is 0 Å². The third kappa shape index (κ3) is 4.58. The third-order valence-corrected chi connectivity index (χ3v) is 4.98. The number of hydrogen-bond donors (Lipinski definition) is 3. The van der Waals surface area contributed by atoms with Crippen molar-refractivity contribution in [3.05, 3.63) is 59.2 Å². The summed E-state index contributed by atoms with van der Waals surface area (Å²) in [5, 5.41) is 12.7. The number of hydrogen-bond acceptors (Lipinski definition) is 4. The lowest BCUT2D eigenvalue weighted by Crippen LogP contribution is -2.41. The van der Waals surface area contributed by atoms with Crippen LogP contribution in [0.1, 0.15) is 34.3 Å². The van der Waals surface area contributed by atoms with E-state index < -0.39 is 0 Å². The van der Waals surface area contributed by atoms with Crippen molar-refractivity contribution in [2.45, 2.75) is 26.3 Å². The van der Waals surface area contributed by atoms with Gasteiger partial charge in [-0.05, 0) is 55.2 Å². The fraction of sp³-hybridized carbons (Fsp3) is 0.333. The standard InChI is InChI=1S/C21H25N3O3/c1-14-4-9-18(19(25)11-14)21(27)23-12-15-5-7-17(8-6-15)24-10-2-3-16(13-24)20(22)26/h4-9,11,16,25H,2-3,10,12-13H2,1H3,(H2,22,26)(H,23,27)/t16-/m0/s1. The molecule has 6 heteroatoms. The second-order valence-electron chi connectivity index (χ2n) is 7.06. The predicted octanol–water partition coefficient (Wildman–Crippen LogP) is 2.33. The molecule has 0 aliphatic carbocycles. The first-order valence-corrected chi connectivity index (χ1v) is 9.15. The average molecular weight is 367 g/mol. The van der Waals surface area contributed by atoms with Gasteiger partial charge in [-0.1, -0.05) is 18.2 Å². The van der Waals surface area contributed by atoms with Crippen molar-refractivity contribution in [3.8, 4) is 5.75 Å². The van der Waals surface area contributed by atoms with Crippen molar-refractivity contribution in [2.24, 2.45) is 11.7 Å². The molecular formula is C21H25N3O3. The van der Waals surface area contributed by atoms with Crippen molar-refractivity contribution in [3.63, 3.8) is 0 Å². The predicted molar refractivity (Wildman–Crippen MR) is 105 cm³/mol. The van der Waals surface area contributed by atoms with Crippen molar-refractivity contribution in [1.29, 1.82) is 0 Å². The summed E-state index contributed by atoms with van der Waals surface area (Å²) < 4.78 is 0. The summed E-state index contributed by atoms with van der Waals surface area (Å²) in [6.45, 7) is 3.79. The number of primary amides is 1. The van der Waals surface area contributed by atoms with Crippen LogP contribution in [-0.2, 0) is 11.3 Å². The lowest BCUT2D eigenvalue weighted by molar-refractivity contribution is -0.122. The summed E-state index contributed by atoms with van der Waals surface area (Å²) >= 11 is 0. The van der Waals surface area contributed by atoms with Gasteiger partial charge in [0, 0.05) is 25.3 Å². The lowest BCUT2D eigenvalue weighted by atomic mass is 9.97. The Morgan fingerprint density at radius 3 is 2.63 bits per heavy atom. The molecular weight excluding hydrogens is 342 g/mol. The minimum absolute atomic E-state index is 0.0167. The van der Waals surface area contributed by atoms with Crippen LogP contribution in [0.15, 0.2) is 42.5 Å². The number of phenolic OH excluding ortho intramolecular Hbond substituents is 1. The van der Waals surface area contributed by atoms with E-state index >= 15 is 0 Å². The largest absolute Gasteiger partial charge is 0.507 e. The number of aromatic hydroxyl groups is 1. The number of benzene rings is 2.